The second kappa shape index (κ2) is 8.60. The number of anilines is 1. The number of imide groups is 1. The molecule has 4 aromatic rings. The van der Waals surface area contributed by atoms with Crippen molar-refractivity contribution in [2.24, 2.45) is 0 Å². The molecule has 0 saturated heterocycles. The van der Waals surface area contributed by atoms with Gasteiger partial charge in [-0.25, -0.2) is 4.98 Å². The summed E-state index contributed by atoms with van der Waals surface area (Å²) in [6.45, 7) is 2.03. The van der Waals surface area contributed by atoms with E-state index in [-0.39, 0.29) is 12.5 Å². The predicted octanol–water partition coefficient (Wildman–Crippen LogP) is 4.69. The van der Waals surface area contributed by atoms with E-state index in [0.717, 1.165) is 32.7 Å². The van der Waals surface area contributed by atoms with Gasteiger partial charge in [0.2, 0.25) is 5.91 Å². The van der Waals surface area contributed by atoms with E-state index in [0.29, 0.717) is 22.8 Å². The Balaban J connectivity index is 1.49. The largest absolute Gasteiger partial charge is 0.282 e. The lowest BCUT2D eigenvalue weighted by atomic mass is 10.1. The third kappa shape index (κ3) is 3.81. The summed E-state index contributed by atoms with van der Waals surface area (Å²) in [6.07, 6.45) is 0.836. The van der Waals surface area contributed by atoms with Crippen molar-refractivity contribution >= 4 is 44.4 Å². The molecule has 0 aliphatic carbocycles. The Kier molecular flexibility index (Phi) is 5.48. The number of thiazole rings is 1. The van der Waals surface area contributed by atoms with Crippen molar-refractivity contribution in [3.05, 3.63) is 95.1 Å². The van der Waals surface area contributed by atoms with Crippen LogP contribution in [0.1, 0.15) is 38.8 Å². The molecule has 0 atom stereocenters. The number of hydrogen-bond acceptors (Lipinski definition) is 5. The number of aromatic nitrogens is 1. The summed E-state index contributed by atoms with van der Waals surface area (Å²) >= 11 is 1.43. The van der Waals surface area contributed by atoms with Crippen LogP contribution in [0.25, 0.3) is 10.2 Å². The minimum Gasteiger partial charge on any atom is -0.282 e. The maximum absolute atomic E-state index is 13.5. The van der Waals surface area contributed by atoms with Gasteiger partial charge in [0, 0.05) is 0 Å². The molecule has 7 heteroatoms. The Bertz CT molecular complexity index is 1350. The smallest absolute Gasteiger partial charge is 0.262 e. The summed E-state index contributed by atoms with van der Waals surface area (Å²) in [5, 5.41) is 0.552. The van der Waals surface area contributed by atoms with Gasteiger partial charge in [-0.05, 0) is 35.7 Å². The second-order valence-electron chi connectivity index (χ2n) is 7.82. The van der Waals surface area contributed by atoms with Crippen LogP contribution in [0, 0.1) is 0 Å². The molecule has 1 aliphatic heterocycles. The van der Waals surface area contributed by atoms with Gasteiger partial charge >= 0.3 is 0 Å². The highest BCUT2D eigenvalue weighted by Crippen LogP contribution is 2.32. The van der Waals surface area contributed by atoms with E-state index in [9.17, 15) is 14.4 Å². The van der Waals surface area contributed by atoms with Crippen molar-refractivity contribution in [3.63, 3.8) is 0 Å². The predicted molar refractivity (Wildman–Crippen MR) is 128 cm³/mol. The van der Waals surface area contributed by atoms with Crippen LogP contribution < -0.4 is 4.90 Å². The van der Waals surface area contributed by atoms with Gasteiger partial charge in [0.15, 0.2) is 5.13 Å². The van der Waals surface area contributed by atoms with E-state index in [2.05, 4.69) is 6.92 Å². The zero-order valence-electron chi connectivity index (χ0n) is 18.0. The third-order valence-electron chi connectivity index (χ3n) is 5.76. The van der Waals surface area contributed by atoms with Crippen LogP contribution >= 0.6 is 11.3 Å². The van der Waals surface area contributed by atoms with Crippen molar-refractivity contribution in [3.8, 4) is 0 Å². The number of hydrogen-bond donors (Lipinski definition) is 0. The zero-order valence-corrected chi connectivity index (χ0v) is 18.8. The molecule has 0 fully saturated rings. The van der Waals surface area contributed by atoms with Crippen molar-refractivity contribution < 1.29 is 14.4 Å². The van der Waals surface area contributed by atoms with Gasteiger partial charge in [0.1, 0.15) is 6.54 Å². The molecule has 0 saturated carbocycles. The monoisotopic (exact) mass is 455 g/mol. The summed E-state index contributed by atoms with van der Waals surface area (Å²) < 4.78 is 0.996. The molecule has 0 spiro atoms. The summed E-state index contributed by atoms with van der Waals surface area (Å²) in [4.78, 5) is 46.5. The molecule has 0 bridgehead atoms. The number of para-hydroxylation sites is 1. The molecule has 0 N–H and O–H groups in total. The number of rotatable bonds is 6. The summed E-state index contributed by atoms with van der Waals surface area (Å²) in [6, 6.07) is 22.3. The van der Waals surface area contributed by atoms with Crippen molar-refractivity contribution in [1.82, 2.24) is 9.88 Å². The molecule has 5 rings (SSSR count). The van der Waals surface area contributed by atoms with E-state index in [1.165, 1.54) is 11.3 Å². The number of fused-ring (bicyclic) bond motifs is 2. The van der Waals surface area contributed by atoms with Gasteiger partial charge in [-0.2, -0.15) is 0 Å². The number of benzene rings is 3. The lowest BCUT2D eigenvalue weighted by molar-refractivity contribution is -0.119. The first-order valence-electron chi connectivity index (χ1n) is 10.7. The van der Waals surface area contributed by atoms with Crippen LogP contribution in [0.4, 0.5) is 5.13 Å². The topological polar surface area (TPSA) is 70.6 Å². The highest BCUT2D eigenvalue weighted by Gasteiger charge is 2.37. The minimum atomic E-state index is -0.443. The maximum Gasteiger partial charge on any atom is 0.262 e. The van der Waals surface area contributed by atoms with E-state index in [4.69, 9.17) is 4.98 Å². The first kappa shape index (κ1) is 21.0. The lowest BCUT2D eigenvalue weighted by Gasteiger charge is -2.22. The average molecular weight is 456 g/mol. The lowest BCUT2D eigenvalue weighted by Crippen LogP contribution is -2.42. The number of amides is 3. The number of carbonyl (C=O) groups is 3. The molecule has 6 nitrogen and oxygen atoms in total. The number of aryl methyl sites for hydroxylation is 1. The molecule has 3 aromatic carbocycles. The number of carbonyl (C=O) groups excluding carboxylic acids is 3. The third-order valence-corrected chi connectivity index (χ3v) is 6.80. The molecule has 0 unspecified atom stereocenters. The fourth-order valence-corrected chi connectivity index (χ4v) is 5.06. The van der Waals surface area contributed by atoms with Gasteiger partial charge in [-0.15, -0.1) is 0 Å². The molecular weight excluding hydrogens is 434 g/mol. The Morgan fingerprint density at radius 3 is 2.24 bits per heavy atom. The SMILES string of the molecule is CCc1cccc2sc(N(Cc3ccccc3)C(=O)CN3C(=O)c4ccccc4C3=O)nc12. The van der Waals surface area contributed by atoms with Crippen molar-refractivity contribution in [2.75, 3.05) is 11.4 Å². The highest BCUT2D eigenvalue weighted by atomic mass is 32.1. The molecule has 33 heavy (non-hydrogen) atoms. The average Bonchev–Trinajstić information content (AvgIpc) is 3.38. The first-order chi connectivity index (χ1) is 16.1. The standard InChI is InChI=1S/C26H21N3O3S/c1-2-18-11-8-14-21-23(18)27-26(33-21)28(15-17-9-4-3-5-10-17)22(30)16-29-24(31)19-12-6-7-13-20(19)25(29)32/h3-14H,2,15-16H2,1H3. The summed E-state index contributed by atoms with van der Waals surface area (Å²) in [5.41, 5.74) is 3.59. The fourth-order valence-electron chi connectivity index (χ4n) is 4.03. The van der Waals surface area contributed by atoms with Crippen LogP contribution in [0.3, 0.4) is 0 Å². The first-order valence-corrected chi connectivity index (χ1v) is 11.6. The van der Waals surface area contributed by atoms with Gasteiger partial charge in [0.05, 0.1) is 27.9 Å². The van der Waals surface area contributed by atoms with Gasteiger partial charge < -0.3 is 0 Å². The van der Waals surface area contributed by atoms with Crippen LogP contribution in [-0.2, 0) is 17.8 Å². The van der Waals surface area contributed by atoms with Crippen molar-refractivity contribution in [2.45, 2.75) is 19.9 Å². The quantitative estimate of drug-likeness (QED) is 0.396. The number of nitrogens with zero attached hydrogens (tertiary/aromatic N) is 3. The van der Waals surface area contributed by atoms with E-state index >= 15 is 0 Å². The van der Waals surface area contributed by atoms with Crippen LogP contribution in [0.5, 0.6) is 0 Å². The minimum absolute atomic E-state index is 0.296. The Hall–Kier alpha value is -3.84. The molecule has 0 radical (unpaired) electrons. The molecule has 164 valence electrons. The van der Waals surface area contributed by atoms with Crippen LogP contribution in [0.2, 0.25) is 0 Å². The van der Waals surface area contributed by atoms with Crippen LogP contribution in [0.15, 0.2) is 72.8 Å². The second-order valence-corrected chi connectivity index (χ2v) is 8.83. The van der Waals surface area contributed by atoms with E-state index < -0.39 is 11.8 Å². The Labute approximate surface area is 195 Å². The fraction of sp³-hybridized carbons (Fsp3) is 0.154. The van der Waals surface area contributed by atoms with Crippen LogP contribution in [-0.4, -0.2) is 34.2 Å². The summed E-state index contributed by atoms with van der Waals surface area (Å²) in [5.74, 6) is -1.24. The van der Waals surface area contributed by atoms with E-state index in [1.54, 1.807) is 29.2 Å². The molecule has 1 aliphatic rings. The zero-order chi connectivity index (χ0) is 22.9. The Morgan fingerprint density at radius 1 is 0.909 bits per heavy atom. The molecular formula is C26H21N3O3S. The van der Waals surface area contributed by atoms with Gasteiger partial charge in [-0.1, -0.05) is 72.9 Å². The molecule has 3 amide bonds. The maximum atomic E-state index is 13.5. The van der Waals surface area contributed by atoms with Gasteiger partial charge in [-0.3, -0.25) is 24.2 Å². The summed E-state index contributed by atoms with van der Waals surface area (Å²) in [7, 11) is 0. The normalized spacial score (nSPS) is 12.9. The highest BCUT2D eigenvalue weighted by molar-refractivity contribution is 7.22. The van der Waals surface area contributed by atoms with Crippen molar-refractivity contribution in [1.29, 1.82) is 0 Å². The molecule has 1 aromatic heterocycles. The molecule has 2 heterocycles. The van der Waals surface area contributed by atoms with E-state index in [1.807, 2.05) is 48.5 Å². The van der Waals surface area contributed by atoms with Gasteiger partial charge in [0.25, 0.3) is 11.8 Å². The Morgan fingerprint density at radius 2 is 1.58 bits per heavy atom.